The zero-order valence-corrected chi connectivity index (χ0v) is 11.5. The molecule has 0 amide bonds. The lowest BCUT2D eigenvalue weighted by Gasteiger charge is -2.18. The van der Waals surface area contributed by atoms with Crippen molar-refractivity contribution in [3.8, 4) is 0 Å². The fourth-order valence-corrected chi connectivity index (χ4v) is 3.53. The molecule has 1 aromatic carbocycles. The molecular weight excluding hydrogens is 261 g/mol. The van der Waals surface area contributed by atoms with E-state index in [0.29, 0.717) is 0 Å². The maximum atomic E-state index is 6.03. The number of aryl methyl sites for hydroxylation is 1. The van der Waals surface area contributed by atoms with E-state index in [1.54, 1.807) is 0 Å². The lowest BCUT2D eigenvalue weighted by molar-refractivity contribution is 0.661. The van der Waals surface area contributed by atoms with Crippen molar-refractivity contribution < 1.29 is 0 Å². The number of thioether (sulfide) groups is 1. The fraction of sp³-hybridized carbons (Fsp3) is 0.500. The van der Waals surface area contributed by atoms with Crippen LogP contribution in [0.25, 0.3) is 0 Å². The summed E-state index contributed by atoms with van der Waals surface area (Å²) in [5.74, 6) is 1.37. The van der Waals surface area contributed by atoms with Gasteiger partial charge in [-0.1, -0.05) is 12.1 Å². The minimum atomic E-state index is -0.362. The van der Waals surface area contributed by atoms with Crippen LogP contribution in [0.3, 0.4) is 0 Å². The maximum Gasteiger partial charge on any atom is 0.115 e. The van der Waals surface area contributed by atoms with Crippen molar-refractivity contribution in [2.24, 2.45) is 0 Å². The van der Waals surface area contributed by atoms with Crippen molar-refractivity contribution in [2.75, 3.05) is 19.3 Å². The van der Waals surface area contributed by atoms with Crippen LogP contribution in [-0.4, -0.2) is 24.2 Å². The molecule has 4 heteroatoms. The zero-order chi connectivity index (χ0) is 11.5. The van der Waals surface area contributed by atoms with Crippen LogP contribution in [0.2, 0.25) is 0 Å². The third-order valence-electron chi connectivity index (χ3n) is 2.87. The summed E-state index contributed by atoms with van der Waals surface area (Å²) < 4.78 is 0. The van der Waals surface area contributed by atoms with E-state index >= 15 is 0 Å². The molecule has 0 spiro atoms. The molecular formula is C12H15Cl2NS. The van der Waals surface area contributed by atoms with Gasteiger partial charge in [0, 0.05) is 23.1 Å². The normalized spacial score (nSPS) is 16.5. The SMILES string of the molecule is CNCC(c1ccc2c(c1)CCS2)C(Cl)Cl. The molecule has 0 aromatic heterocycles. The molecule has 16 heavy (non-hydrogen) atoms. The molecule has 0 saturated heterocycles. The van der Waals surface area contributed by atoms with Gasteiger partial charge in [-0.2, -0.15) is 0 Å². The average molecular weight is 276 g/mol. The van der Waals surface area contributed by atoms with E-state index in [4.69, 9.17) is 23.2 Å². The summed E-state index contributed by atoms with van der Waals surface area (Å²) in [6.45, 7) is 0.809. The molecule has 88 valence electrons. The molecule has 1 heterocycles. The van der Waals surface area contributed by atoms with E-state index in [1.807, 2.05) is 18.8 Å². The van der Waals surface area contributed by atoms with Gasteiger partial charge in [0.05, 0.1) is 0 Å². The monoisotopic (exact) mass is 275 g/mol. The molecule has 1 aliphatic heterocycles. The van der Waals surface area contributed by atoms with Gasteiger partial charge in [-0.25, -0.2) is 0 Å². The van der Waals surface area contributed by atoms with Gasteiger partial charge in [0.1, 0.15) is 4.84 Å². The molecule has 0 fully saturated rings. The fourth-order valence-electron chi connectivity index (χ4n) is 2.01. The molecule has 0 bridgehead atoms. The Morgan fingerprint density at radius 3 is 2.94 bits per heavy atom. The van der Waals surface area contributed by atoms with Gasteiger partial charge in [0.15, 0.2) is 0 Å². The summed E-state index contributed by atoms with van der Waals surface area (Å²) >= 11 is 14.0. The Bertz CT molecular complexity index is 368. The van der Waals surface area contributed by atoms with Gasteiger partial charge in [-0.3, -0.25) is 0 Å². The van der Waals surface area contributed by atoms with Crippen LogP contribution in [0.1, 0.15) is 17.0 Å². The second kappa shape index (κ2) is 5.63. The first-order chi connectivity index (χ1) is 7.72. The number of fused-ring (bicyclic) bond motifs is 1. The van der Waals surface area contributed by atoms with Gasteiger partial charge in [-0.15, -0.1) is 35.0 Å². The van der Waals surface area contributed by atoms with Crippen LogP contribution in [-0.2, 0) is 6.42 Å². The number of benzene rings is 1. The summed E-state index contributed by atoms with van der Waals surface area (Å²) in [5, 5.41) is 3.14. The smallest absolute Gasteiger partial charge is 0.115 e. The number of nitrogens with one attached hydrogen (secondary N) is 1. The zero-order valence-electron chi connectivity index (χ0n) is 9.17. The van der Waals surface area contributed by atoms with Crippen LogP contribution in [0.15, 0.2) is 23.1 Å². The first kappa shape index (κ1) is 12.6. The van der Waals surface area contributed by atoms with Gasteiger partial charge in [0.25, 0.3) is 0 Å². The summed E-state index contributed by atoms with van der Waals surface area (Å²) in [6, 6.07) is 6.60. The van der Waals surface area contributed by atoms with E-state index in [9.17, 15) is 0 Å². The molecule has 1 N–H and O–H groups in total. The molecule has 1 unspecified atom stereocenters. The van der Waals surface area contributed by atoms with E-state index in [2.05, 4.69) is 23.5 Å². The average Bonchev–Trinajstić information content (AvgIpc) is 2.72. The summed E-state index contributed by atoms with van der Waals surface area (Å²) in [4.78, 5) is 1.05. The first-order valence-corrected chi connectivity index (χ1v) is 7.26. The van der Waals surface area contributed by atoms with Gasteiger partial charge < -0.3 is 5.32 Å². The largest absolute Gasteiger partial charge is 0.319 e. The Balaban J connectivity index is 2.24. The highest BCUT2D eigenvalue weighted by Crippen LogP contribution is 2.35. The molecule has 1 aromatic rings. The molecule has 0 aliphatic carbocycles. The summed E-state index contributed by atoms with van der Waals surface area (Å²) in [5.41, 5.74) is 2.68. The van der Waals surface area contributed by atoms with Crippen molar-refractivity contribution in [2.45, 2.75) is 22.1 Å². The highest BCUT2D eigenvalue weighted by Gasteiger charge is 2.20. The third kappa shape index (κ3) is 2.67. The number of hydrogen-bond donors (Lipinski definition) is 1. The Kier molecular flexibility index (Phi) is 4.42. The summed E-state index contributed by atoms with van der Waals surface area (Å²) in [7, 11) is 1.92. The van der Waals surface area contributed by atoms with E-state index in [-0.39, 0.29) is 10.8 Å². The van der Waals surface area contributed by atoms with Crippen LogP contribution < -0.4 is 5.32 Å². The quantitative estimate of drug-likeness (QED) is 0.845. The van der Waals surface area contributed by atoms with Gasteiger partial charge in [-0.05, 0) is 30.7 Å². The minimum absolute atomic E-state index is 0.171. The Labute approximate surface area is 111 Å². The van der Waals surface area contributed by atoms with Crippen molar-refractivity contribution >= 4 is 35.0 Å². The van der Waals surface area contributed by atoms with E-state index < -0.39 is 0 Å². The van der Waals surface area contributed by atoms with Crippen LogP contribution >= 0.6 is 35.0 Å². The minimum Gasteiger partial charge on any atom is -0.319 e. The highest BCUT2D eigenvalue weighted by molar-refractivity contribution is 7.99. The van der Waals surface area contributed by atoms with Crippen molar-refractivity contribution in [3.63, 3.8) is 0 Å². The van der Waals surface area contributed by atoms with Gasteiger partial charge in [0.2, 0.25) is 0 Å². The molecule has 0 saturated carbocycles. The topological polar surface area (TPSA) is 12.0 Å². The van der Waals surface area contributed by atoms with Crippen molar-refractivity contribution in [1.82, 2.24) is 5.32 Å². The first-order valence-electron chi connectivity index (χ1n) is 5.40. The van der Waals surface area contributed by atoms with Crippen molar-refractivity contribution in [1.29, 1.82) is 0 Å². The Morgan fingerprint density at radius 1 is 1.44 bits per heavy atom. The maximum absolute atomic E-state index is 6.03. The third-order valence-corrected chi connectivity index (χ3v) is 4.60. The van der Waals surface area contributed by atoms with Gasteiger partial charge >= 0.3 is 0 Å². The number of hydrogen-bond acceptors (Lipinski definition) is 2. The number of halogens is 2. The molecule has 1 nitrogen and oxygen atoms in total. The van der Waals surface area contributed by atoms with Crippen LogP contribution in [0.5, 0.6) is 0 Å². The predicted octanol–water partition coefficient (Wildman–Crippen LogP) is 3.44. The molecule has 1 atom stereocenters. The lowest BCUT2D eigenvalue weighted by atomic mass is 9.98. The van der Waals surface area contributed by atoms with E-state index in [1.165, 1.54) is 21.8 Å². The van der Waals surface area contributed by atoms with Crippen molar-refractivity contribution in [3.05, 3.63) is 29.3 Å². The second-order valence-electron chi connectivity index (χ2n) is 3.96. The highest BCUT2D eigenvalue weighted by atomic mass is 35.5. The summed E-state index contributed by atoms with van der Waals surface area (Å²) in [6.07, 6.45) is 1.16. The van der Waals surface area contributed by atoms with E-state index in [0.717, 1.165) is 13.0 Å². The predicted molar refractivity (Wildman–Crippen MR) is 73.0 cm³/mol. The van der Waals surface area contributed by atoms with Crippen LogP contribution in [0, 0.1) is 0 Å². The Morgan fingerprint density at radius 2 is 2.25 bits per heavy atom. The Hall–Kier alpha value is 0.110. The standard InChI is InChI=1S/C12H15Cl2NS/c1-15-7-10(12(13)14)8-2-3-11-9(6-8)4-5-16-11/h2-3,6,10,12,15H,4-5,7H2,1H3. The van der Waals surface area contributed by atoms with Crippen LogP contribution in [0.4, 0.5) is 0 Å². The second-order valence-corrected chi connectivity index (χ2v) is 6.26. The molecule has 2 rings (SSSR count). The number of rotatable bonds is 4. The number of alkyl halides is 2. The molecule has 0 radical (unpaired) electrons. The molecule has 1 aliphatic rings. The number of likely N-dealkylation sites (N-methyl/N-ethyl adjacent to an activating group) is 1. The lowest BCUT2D eigenvalue weighted by Crippen LogP contribution is -2.22.